The molecule has 0 aliphatic carbocycles. The number of aromatic nitrogens is 3. The smallest absolute Gasteiger partial charge is 0.309 e. The fourth-order valence-corrected chi connectivity index (χ4v) is 2.80. The van der Waals surface area contributed by atoms with E-state index in [1.54, 1.807) is 16.8 Å². The number of nitrogens with one attached hydrogen (secondary N) is 1. The minimum atomic E-state index is -0.269. The van der Waals surface area contributed by atoms with Crippen molar-refractivity contribution in [3.63, 3.8) is 0 Å². The van der Waals surface area contributed by atoms with Crippen LogP contribution in [0.15, 0.2) is 47.4 Å². The fraction of sp³-hybridized carbons (Fsp3) is 0.278. The van der Waals surface area contributed by atoms with E-state index in [9.17, 15) is 9.59 Å². The van der Waals surface area contributed by atoms with Crippen LogP contribution in [0, 0.1) is 6.92 Å². The first-order chi connectivity index (χ1) is 11.6. The Morgan fingerprint density at radius 1 is 1.17 bits per heavy atom. The summed E-state index contributed by atoms with van der Waals surface area (Å²) in [6.45, 7) is 4.55. The number of hydrogen-bond acceptors (Lipinski definition) is 3. The average Bonchev–Trinajstić information content (AvgIpc) is 2.81. The Balaban J connectivity index is 1.91. The van der Waals surface area contributed by atoms with Crippen LogP contribution in [0.25, 0.3) is 11.0 Å². The molecular weight excluding hydrogens is 304 g/mol. The first-order valence-electron chi connectivity index (χ1n) is 8.00. The number of rotatable bonds is 5. The maximum absolute atomic E-state index is 12.7. The standard InChI is InChI=1S/C18H20N4O2/c1-3-10-21-14-6-4-5-7-15(14)22(18(21)24)12-17(23)20-16-11-13(2)8-9-19-16/h4-9,11H,3,10,12H2,1-2H3,(H,19,20,23). The average molecular weight is 324 g/mol. The van der Waals surface area contributed by atoms with Crippen molar-refractivity contribution in [3.05, 3.63) is 58.6 Å². The number of nitrogens with zero attached hydrogens (tertiary/aromatic N) is 3. The Morgan fingerprint density at radius 3 is 2.54 bits per heavy atom. The number of pyridine rings is 1. The van der Waals surface area contributed by atoms with Gasteiger partial charge < -0.3 is 5.32 Å². The molecule has 24 heavy (non-hydrogen) atoms. The topological polar surface area (TPSA) is 68.9 Å². The van der Waals surface area contributed by atoms with E-state index in [0.717, 1.165) is 23.0 Å². The van der Waals surface area contributed by atoms with Gasteiger partial charge in [0.1, 0.15) is 12.4 Å². The Bertz CT molecular complexity index is 940. The maximum atomic E-state index is 12.7. The third-order valence-electron chi connectivity index (χ3n) is 3.86. The number of para-hydroxylation sites is 2. The lowest BCUT2D eigenvalue weighted by molar-refractivity contribution is -0.116. The summed E-state index contributed by atoms with van der Waals surface area (Å²) < 4.78 is 3.23. The van der Waals surface area contributed by atoms with Gasteiger partial charge in [0.2, 0.25) is 5.91 Å². The highest BCUT2D eigenvalue weighted by Crippen LogP contribution is 2.13. The van der Waals surface area contributed by atoms with Gasteiger partial charge in [0, 0.05) is 12.7 Å². The molecular formula is C18H20N4O2. The summed E-state index contributed by atoms with van der Waals surface area (Å²) in [6, 6.07) is 11.2. The second-order valence-electron chi connectivity index (χ2n) is 5.78. The van der Waals surface area contributed by atoms with Crippen LogP contribution in [-0.4, -0.2) is 20.0 Å². The molecule has 0 saturated heterocycles. The number of fused-ring (bicyclic) bond motifs is 1. The number of carbonyl (C=O) groups excluding carboxylic acids is 1. The fourth-order valence-electron chi connectivity index (χ4n) is 2.80. The zero-order valence-electron chi connectivity index (χ0n) is 13.8. The van der Waals surface area contributed by atoms with E-state index in [2.05, 4.69) is 10.3 Å². The molecule has 0 fully saturated rings. The van der Waals surface area contributed by atoms with Gasteiger partial charge in [0.25, 0.3) is 0 Å². The van der Waals surface area contributed by atoms with Gasteiger partial charge in [0.05, 0.1) is 11.0 Å². The molecule has 0 bridgehead atoms. The quantitative estimate of drug-likeness (QED) is 0.784. The van der Waals surface area contributed by atoms with E-state index in [-0.39, 0.29) is 18.1 Å². The lowest BCUT2D eigenvalue weighted by Crippen LogP contribution is -2.29. The first-order valence-corrected chi connectivity index (χ1v) is 8.00. The molecule has 3 aromatic rings. The van der Waals surface area contributed by atoms with Crippen LogP contribution in [-0.2, 0) is 17.9 Å². The van der Waals surface area contributed by atoms with E-state index in [4.69, 9.17) is 0 Å². The third kappa shape index (κ3) is 3.08. The first kappa shape index (κ1) is 16.0. The molecule has 6 nitrogen and oxygen atoms in total. The minimum Gasteiger partial charge on any atom is -0.309 e. The van der Waals surface area contributed by atoms with E-state index in [0.29, 0.717) is 12.4 Å². The Labute approximate surface area is 139 Å². The molecule has 6 heteroatoms. The molecule has 124 valence electrons. The number of amides is 1. The molecule has 0 aliphatic rings. The van der Waals surface area contributed by atoms with Crippen molar-refractivity contribution < 1.29 is 4.79 Å². The van der Waals surface area contributed by atoms with Crippen molar-refractivity contribution in [3.8, 4) is 0 Å². The number of aryl methyl sites for hydroxylation is 2. The number of benzene rings is 1. The molecule has 1 N–H and O–H groups in total. The van der Waals surface area contributed by atoms with Crippen molar-refractivity contribution in [2.75, 3.05) is 5.32 Å². The van der Waals surface area contributed by atoms with Crippen LogP contribution >= 0.6 is 0 Å². The molecule has 2 heterocycles. The van der Waals surface area contributed by atoms with Crippen molar-refractivity contribution >= 4 is 22.8 Å². The lowest BCUT2D eigenvalue weighted by atomic mass is 10.3. The van der Waals surface area contributed by atoms with Gasteiger partial charge in [-0.15, -0.1) is 0 Å². The molecule has 3 rings (SSSR count). The molecule has 0 radical (unpaired) electrons. The molecule has 0 saturated carbocycles. The highest BCUT2D eigenvalue weighted by molar-refractivity contribution is 5.90. The summed E-state index contributed by atoms with van der Waals surface area (Å²) in [4.78, 5) is 29.1. The summed E-state index contributed by atoms with van der Waals surface area (Å²) >= 11 is 0. The zero-order valence-corrected chi connectivity index (χ0v) is 13.8. The van der Waals surface area contributed by atoms with Gasteiger partial charge in [-0.25, -0.2) is 9.78 Å². The molecule has 2 aromatic heterocycles. The largest absolute Gasteiger partial charge is 0.329 e. The highest BCUT2D eigenvalue weighted by atomic mass is 16.2. The van der Waals surface area contributed by atoms with E-state index in [1.807, 2.05) is 44.2 Å². The number of carbonyl (C=O) groups is 1. The van der Waals surface area contributed by atoms with Crippen molar-refractivity contribution in [2.24, 2.45) is 0 Å². The van der Waals surface area contributed by atoms with Gasteiger partial charge in [-0.3, -0.25) is 13.9 Å². The normalized spacial score (nSPS) is 10.9. The van der Waals surface area contributed by atoms with Crippen LogP contribution in [0.3, 0.4) is 0 Å². The summed E-state index contributed by atoms with van der Waals surface area (Å²) in [5, 5.41) is 2.75. The number of anilines is 1. The molecule has 0 aliphatic heterocycles. The minimum absolute atomic E-state index is 0.0360. The summed E-state index contributed by atoms with van der Waals surface area (Å²) in [5.74, 6) is 0.222. The predicted octanol–water partition coefficient (Wildman–Crippen LogP) is 2.56. The van der Waals surface area contributed by atoms with Gasteiger partial charge in [-0.05, 0) is 43.2 Å². The number of imidazole rings is 1. The van der Waals surface area contributed by atoms with E-state index < -0.39 is 0 Å². The van der Waals surface area contributed by atoms with Crippen LogP contribution in [0.4, 0.5) is 5.82 Å². The lowest BCUT2D eigenvalue weighted by Gasteiger charge is -2.06. The monoisotopic (exact) mass is 324 g/mol. The highest BCUT2D eigenvalue weighted by Gasteiger charge is 2.15. The van der Waals surface area contributed by atoms with E-state index >= 15 is 0 Å². The zero-order chi connectivity index (χ0) is 17.1. The van der Waals surface area contributed by atoms with Crippen molar-refractivity contribution in [2.45, 2.75) is 33.4 Å². The van der Waals surface area contributed by atoms with E-state index in [1.165, 1.54) is 4.57 Å². The molecule has 0 atom stereocenters. The van der Waals surface area contributed by atoms with Crippen LogP contribution in [0.1, 0.15) is 18.9 Å². The number of hydrogen-bond donors (Lipinski definition) is 1. The molecule has 1 aromatic carbocycles. The second kappa shape index (κ2) is 6.70. The predicted molar refractivity (Wildman–Crippen MR) is 94.1 cm³/mol. The van der Waals surface area contributed by atoms with Crippen LogP contribution in [0.5, 0.6) is 0 Å². The van der Waals surface area contributed by atoms with Gasteiger partial charge in [0.15, 0.2) is 0 Å². The van der Waals surface area contributed by atoms with Crippen LogP contribution < -0.4 is 11.0 Å². The second-order valence-corrected chi connectivity index (χ2v) is 5.78. The van der Waals surface area contributed by atoms with Crippen LogP contribution in [0.2, 0.25) is 0 Å². The van der Waals surface area contributed by atoms with Gasteiger partial charge in [-0.2, -0.15) is 0 Å². The molecule has 0 unspecified atom stereocenters. The summed E-state index contributed by atoms with van der Waals surface area (Å²) in [5.41, 5.74) is 2.47. The van der Waals surface area contributed by atoms with Gasteiger partial charge in [-0.1, -0.05) is 19.1 Å². The third-order valence-corrected chi connectivity index (χ3v) is 3.86. The molecule has 0 spiro atoms. The van der Waals surface area contributed by atoms with Crippen molar-refractivity contribution in [1.82, 2.24) is 14.1 Å². The maximum Gasteiger partial charge on any atom is 0.329 e. The Morgan fingerprint density at radius 2 is 1.88 bits per heavy atom. The Hall–Kier alpha value is -2.89. The van der Waals surface area contributed by atoms with Crippen molar-refractivity contribution in [1.29, 1.82) is 0 Å². The van der Waals surface area contributed by atoms with Gasteiger partial charge >= 0.3 is 5.69 Å². The summed E-state index contributed by atoms with van der Waals surface area (Å²) in [6.07, 6.45) is 2.50. The Kier molecular flexibility index (Phi) is 4.46. The SMILES string of the molecule is CCCn1c(=O)n(CC(=O)Nc2cc(C)ccn2)c2ccccc21. The summed E-state index contributed by atoms with van der Waals surface area (Å²) in [7, 11) is 0. The molecule has 1 amide bonds.